The monoisotopic (exact) mass is 141 g/mol. The third kappa shape index (κ3) is 1.05. The molecule has 3 N–H and O–H groups in total. The van der Waals surface area contributed by atoms with E-state index in [1.54, 1.807) is 0 Å². The van der Waals surface area contributed by atoms with E-state index in [0.717, 1.165) is 25.7 Å². The Hall–Kier alpha value is -0.120. The van der Waals surface area contributed by atoms with Crippen molar-refractivity contribution in [2.75, 3.05) is 26.2 Å². The molecule has 3 heteroatoms. The summed E-state index contributed by atoms with van der Waals surface area (Å²) in [6, 6.07) is 1.17. The summed E-state index contributed by atoms with van der Waals surface area (Å²) in [4.78, 5) is 2.50. The fourth-order valence-electron chi connectivity index (χ4n) is 2.00. The number of rotatable bonds is 0. The van der Waals surface area contributed by atoms with Crippen LogP contribution in [0.4, 0.5) is 0 Å². The zero-order chi connectivity index (χ0) is 6.97. The van der Waals surface area contributed by atoms with Gasteiger partial charge in [-0.2, -0.15) is 0 Å². The van der Waals surface area contributed by atoms with Gasteiger partial charge in [0, 0.05) is 38.3 Å². The third-order valence-corrected chi connectivity index (χ3v) is 2.52. The smallest absolute Gasteiger partial charge is 0.0237 e. The summed E-state index contributed by atoms with van der Waals surface area (Å²) in [5, 5.41) is 3.38. The van der Waals surface area contributed by atoms with Crippen molar-refractivity contribution in [2.24, 2.45) is 5.73 Å². The van der Waals surface area contributed by atoms with Gasteiger partial charge in [-0.25, -0.2) is 0 Å². The van der Waals surface area contributed by atoms with E-state index >= 15 is 0 Å². The van der Waals surface area contributed by atoms with Gasteiger partial charge in [0.05, 0.1) is 0 Å². The first kappa shape index (κ1) is 6.58. The topological polar surface area (TPSA) is 41.3 Å². The number of hydrogen-bond donors (Lipinski definition) is 2. The summed E-state index contributed by atoms with van der Waals surface area (Å²) in [5.41, 5.74) is 5.82. The summed E-state index contributed by atoms with van der Waals surface area (Å²) in [6.45, 7) is 4.60. The van der Waals surface area contributed by atoms with Crippen molar-refractivity contribution in [1.29, 1.82) is 0 Å². The molecule has 0 radical (unpaired) electrons. The number of nitrogens with two attached hydrogens (primary N) is 1. The minimum absolute atomic E-state index is 0.435. The molecule has 2 aliphatic rings. The van der Waals surface area contributed by atoms with Gasteiger partial charge in [0.1, 0.15) is 0 Å². The van der Waals surface area contributed by atoms with Gasteiger partial charge in [-0.05, 0) is 6.42 Å². The molecule has 2 aliphatic heterocycles. The van der Waals surface area contributed by atoms with Crippen LogP contribution in [0.3, 0.4) is 0 Å². The van der Waals surface area contributed by atoms with Crippen LogP contribution in [0.15, 0.2) is 0 Å². The Morgan fingerprint density at radius 2 is 2.40 bits per heavy atom. The lowest BCUT2D eigenvalue weighted by atomic mass is 10.1. The van der Waals surface area contributed by atoms with E-state index in [2.05, 4.69) is 10.2 Å². The highest BCUT2D eigenvalue weighted by molar-refractivity contribution is 4.91. The lowest BCUT2D eigenvalue weighted by molar-refractivity contribution is 0.212. The molecule has 0 spiro atoms. The number of fused-ring (bicyclic) bond motifs is 1. The zero-order valence-electron chi connectivity index (χ0n) is 6.21. The quantitative estimate of drug-likeness (QED) is 0.454. The first-order chi connectivity index (χ1) is 4.86. The maximum atomic E-state index is 5.82. The lowest BCUT2D eigenvalue weighted by Gasteiger charge is -2.29. The van der Waals surface area contributed by atoms with Crippen LogP contribution in [0, 0.1) is 0 Å². The van der Waals surface area contributed by atoms with Gasteiger partial charge in [-0.1, -0.05) is 0 Å². The highest BCUT2D eigenvalue weighted by atomic mass is 15.2. The van der Waals surface area contributed by atoms with Gasteiger partial charge >= 0.3 is 0 Å². The second-order valence-electron chi connectivity index (χ2n) is 3.35. The average molecular weight is 141 g/mol. The molecule has 2 heterocycles. The molecule has 0 saturated carbocycles. The first-order valence-corrected chi connectivity index (χ1v) is 4.06. The van der Waals surface area contributed by atoms with Gasteiger partial charge in [-0.3, -0.25) is 4.90 Å². The minimum Gasteiger partial charge on any atom is -0.326 e. The minimum atomic E-state index is 0.435. The molecule has 2 saturated heterocycles. The van der Waals surface area contributed by atoms with Gasteiger partial charge in [0.25, 0.3) is 0 Å². The molecular formula is C7H15N3. The van der Waals surface area contributed by atoms with Crippen molar-refractivity contribution in [3.05, 3.63) is 0 Å². The molecule has 10 heavy (non-hydrogen) atoms. The maximum absolute atomic E-state index is 5.82. The number of nitrogens with zero attached hydrogens (tertiary/aromatic N) is 1. The number of piperazine rings is 1. The number of nitrogens with one attached hydrogen (secondary N) is 1. The standard InChI is InChI=1S/C7H15N3/c8-6-3-7-4-9-1-2-10(7)5-6/h6-7,9H,1-5,8H2. The Bertz CT molecular complexity index is 112. The fraction of sp³-hybridized carbons (Fsp3) is 1.00. The Morgan fingerprint density at radius 1 is 1.50 bits per heavy atom. The molecule has 2 atom stereocenters. The fourth-order valence-corrected chi connectivity index (χ4v) is 2.00. The van der Waals surface area contributed by atoms with Gasteiger partial charge < -0.3 is 11.1 Å². The molecule has 0 aromatic rings. The SMILES string of the molecule is NC1CC2CNCCN2C1. The largest absolute Gasteiger partial charge is 0.326 e. The van der Waals surface area contributed by atoms with Crippen molar-refractivity contribution >= 4 is 0 Å². The van der Waals surface area contributed by atoms with Crippen molar-refractivity contribution in [2.45, 2.75) is 18.5 Å². The van der Waals surface area contributed by atoms with E-state index in [1.165, 1.54) is 13.0 Å². The number of hydrogen-bond acceptors (Lipinski definition) is 3. The molecular weight excluding hydrogens is 126 g/mol. The summed E-state index contributed by atoms with van der Waals surface area (Å²) in [7, 11) is 0. The Morgan fingerprint density at radius 3 is 3.20 bits per heavy atom. The van der Waals surface area contributed by atoms with Crippen LogP contribution in [0.2, 0.25) is 0 Å². The summed E-state index contributed by atoms with van der Waals surface area (Å²) in [5.74, 6) is 0. The normalized spacial score (nSPS) is 41.7. The van der Waals surface area contributed by atoms with Crippen molar-refractivity contribution < 1.29 is 0 Å². The molecule has 2 unspecified atom stereocenters. The van der Waals surface area contributed by atoms with E-state index < -0.39 is 0 Å². The van der Waals surface area contributed by atoms with Crippen LogP contribution in [0.1, 0.15) is 6.42 Å². The second kappa shape index (κ2) is 2.49. The Balaban J connectivity index is 1.97. The molecule has 0 aromatic heterocycles. The molecule has 0 bridgehead atoms. The molecule has 2 rings (SSSR count). The van der Waals surface area contributed by atoms with Crippen LogP contribution >= 0.6 is 0 Å². The van der Waals surface area contributed by atoms with E-state index in [1.807, 2.05) is 0 Å². The van der Waals surface area contributed by atoms with E-state index in [9.17, 15) is 0 Å². The molecule has 3 nitrogen and oxygen atoms in total. The van der Waals surface area contributed by atoms with Crippen LogP contribution in [-0.4, -0.2) is 43.2 Å². The predicted molar refractivity (Wildman–Crippen MR) is 40.8 cm³/mol. The van der Waals surface area contributed by atoms with Crippen LogP contribution in [0.5, 0.6) is 0 Å². The molecule has 0 aliphatic carbocycles. The second-order valence-corrected chi connectivity index (χ2v) is 3.35. The van der Waals surface area contributed by atoms with E-state index in [0.29, 0.717) is 6.04 Å². The van der Waals surface area contributed by atoms with E-state index in [4.69, 9.17) is 5.73 Å². The van der Waals surface area contributed by atoms with Crippen LogP contribution < -0.4 is 11.1 Å². The predicted octanol–water partition coefficient (Wildman–Crippen LogP) is -1.01. The Labute approximate surface area is 61.6 Å². The van der Waals surface area contributed by atoms with Crippen LogP contribution in [0.25, 0.3) is 0 Å². The molecule has 58 valence electrons. The maximum Gasteiger partial charge on any atom is 0.0237 e. The zero-order valence-corrected chi connectivity index (χ0v) is 6.21. The molecule has 0 amide bonds. The highest BCUT2D eigenvalue weighted by Gasteiger charge is 2.30. The average Bonchev–Trinajstić information content (AvgIpc) is 2.27. The summed E-state index contributed by atoms with van der Waals surface area (Å²) in [6.07, 6.45) is 1.19. The third-order valence-electron chi connectivity index (χ3n) is 2.52. The summed E-state index contributed by atoms with van der Waals surface area (Å²) >= 11 is 0. The van der Waals surface area contributed by atoms with Gasteiger partial charge in [0.15, 0.2) is 0 Å². The van der Waals surface area contributed by atoms with E-state index in [-0.39, 0.29) is 0 Å². The highest BCUT2D eigenvalue weighted by Crippen LogP contribution is 2.16. The molecule has 2 fully saturated rings. The Kier molecular flexibility index (Phi) is 1.64. The molecule has 0 aromatic carbocycles. The first-order valence-electron chi connectivity index (χ1n) is 4.06. The van der Waals surface area contributed by atoms with Crippen molar-refractivity contribution in [3.8, 4) is 0 Å². The summed E-state index contributed by atoms with van der Waals surface area (Å²) < 4.78 is 0. The van der Waals surface area contributed by atoms with Crippen molar-refractivity contribution in [3.63, 3.8) is 0 Å². The van der Waals surface area contributed by atoms with Gasteiger partial charge in [-0.15, -0.1) is 0 Å². The van der Waals surface area contributed by atoms with Crippen molar-refractivity contribution in [1.82, 2.24) is 10.2 Å². The lowest BCUT2D eigenvalue weighted by Crippen LogP contribution is -2.47. The van der Waals surface area contributed by atoms with Crippen LogP contribution in [-0.2, 0) is 0 Å². The van der Waals surface area contributed by atoms with Gasteiger partial charge in [0.2, 0.25) is 0 Å².